The van der Waals surface area contributed by atoms with Crippen molar-refractivity contribution in [2.45, 2.75) is 25.1 Å². The van der Waals surface area contributed by atoms with Crippen LogP contribution in [0.2, 0.25) is 0 Å². The molecule has 0 radical (unpaired) electrons. The largest absolute Gasteiger partial charge is 0.496 e. The average molecular weight is 265 g/mol. The number of ether oxygens (including phenoxy) is 1. The quantitative estimate of drug-likeness (QED) is 0.748. The lowest BCUT2D eigenvalue weighted by Crippen LogP contribution is -1.99. The van der Waals surface area contributed by atoms with Crippen LogP contribution in [0.5, 0.6) is 5.75 Å². The van der Waals surface area contributed by atoms with E-state index in [-0.39, 0.29) is 5.38 Å². The van der Waals surface area contributed by atoms with Crippen LogP contribution in [0.1, 0.15) is 29.2 Å². The molecule has 1 aromatic carbocycles. The van der Waals surface area contributed by atoms with E-state index < -0.39 is 0 Å². The second-order valence-corrected chi connectivity index (χ2v) is 4.66. The highest BCUT2D eigenvalue weighted by molar-refractivity contribution is 6.21. The van der Waals surface area contributed by atoms with E-state index in [1.54, 1.807) is 13.4 Å². The fourth-order valence-electron chi connectivity index (χ4n) is 2.09. The summed E-state index contributed by atoms with van der Waals surface area (Å²) in [5, 5.41) is -0.0880. The maximum Gasteiger partial charge on any atom is 0.122 e. The van der Waals surface area contributed by atoms with Gasteiger partial charge >= 0.3 is 0 Å². The van der Waals surface area contributed by atoms with E-state index in [0.717, 1.165) is 35.5 Å². The molecule has 2 aromatic rings. The lowest BCUT2D eigenvalue weighted by atomic mass is 10.0. The molecule has 3 heteroatoms. The van der Waals surface area contributed by atoms with E-state index in [0.29, 0.717) is 0 Å². The molecule has 0 amide bonds. The first-order valence-corrected chi connectivity index (χ1v) is 6.52. The van der Waals surface area contributed by atoms with Gasteiger partial charge in [0.05, 0.1) is 18.8 Å². The van der Waals surface area contributed by atoms with Crippen molar-refractivity contribution in [3.63, 3.8) is 0 Å². The third kappa shape index (κ3) is 2.70. The van der Waals surface area contributed by atoms with Gasteiger partial charge in [0.25, 0.3) is 0 Å². The van der Waals surface area contributed by atoms with Gasteiger partial charge in [-0.3, -0.25) is 0 Å². The second-order valence-electron chi connectivity index (χ2n) is 4.14. The van der Waals surface area contributed by atoms with Crippen molar-refractivity contribution >= 4 is 11.6 Å². The summed E-state index contributed by atoms with van der Waals surface area (Å²) >= 11 is 6.48. The topological polar surface area (TPSA) is 22.4 Å². The maximum absolute atomic E-state index is 6.48. The summed E-state index contributed by atoms with van der Waals surface area (Å²) in [5.74, 6) is 1.84. The summed E-state index contributed by atoms with van der Waals surface area (Å²) < 4.78 is 10.8. The van der Waals surface area contributed by atoms with Gasteiger partial charge in [-0.2, -0.15) is 0 Å². The number of furan rings is 1. The molecule has 1 heterocycles. The summed E-state index contributed by atoms with van der Waals surface area (Å²) in [5.41, 5.74) is 2.19. The maximum atomic E-state index is 6.48. The van der Waals surface area contributed by atoms with Gasteiger partial charge in [0.2, 0.25) is 0 Å². The van der Waals surface area contributed by atoms with Crippen molar-refractivity contribution in [2.75, 3.05) is 7.11 Å². The smallest absolute Gasteiger partial charge is 0.122 e. The Labute approximate surface area is 113 Å². The molecule has 0 saturated heterocycles. The third-order valence-corrected chi connectivity index (χ3v) is 3.42. The Balaban J connectivity index is 2.18. The van der Waals surface area contributed by atoms with Gasteiger partial charge in [0.15, 0.2) is 0 Å². The molecule has 0 N–H and O–H groups in total. The highest BCUT2D eigenvalue weighted by atomic mass is 35.5. The van der Waals surface area contributed by atoms with Gasteiger partial charge in [-0.15, -0.1) is 11.6 Å². The summed E-state index contributed by atoms with van der Waals surface area (Å²) in [4.78, 5) is 0. The van der Waals surface area contributed by atoms with E-state index >= 15 is 0 Å². The van der Waals surface area contributed by atoms with Gasteiger partial charge < -0.3 is 9.15 Å². The van der Waals surface area contributed by atoms with Crippen LogP contribution in [-0.2, 0) is 12.8 Å². The van der Waals surface area contributed by atoms with E-state index in [2.05, 4.69) is 6.92 Å². The van der Waals surface area contributed by atoms with E-state index in [1.807, 2.05) is 30.3 Å². The van der Waals surface area contributed by atoms with Crippen molar-refractivity contribution in [3.8, 4) is 5.75 Å². The van der Waals surface area contributed by atoms with Crippen molar-refractivity contribution in [1.29, 1.82) is 0 Å². The van der Waals surface area contributed by atoms with Crippen molar-refractivity contribution < 1.29 is 9.15 Å². The molecule has 0 spiro atoms. The first-order chi connectivity index (χ1) is 8.76. The first kappa shape index (κ1) is 13.0. The highest BCUT2D eigenvalue weighted by Gasteiger charge is 2.16. The van der Waals surface area contributed by atoms with Gasteiger partial charge in [-0.05, 0) is 24.1 Å². The summed E-state index contributed by atoms with van der Waals surface area (Å²) in [6.45, 7) is 2.06. The molecule has 18 heavy (non-hydrogen) atoms. The minimum Gasteiger partial charge on any atom is -0.496 e. The molecule has 96 valence electrons. The van der Waals surface area contributed by atoms with Crippen LogP contribution in [0.3, 0.4) is 0 Å². The lowest BCUT2D eigenvalue weighted by Gasteiger charge is -2.12. The molecule has 0 saturated carbocycles. The lowest BCUT2D eigenvalue weighted by molar-refractivity contribution is 0.409. The molecule has 1 unspecified atom stereocenters. The Kier molecular flexibility index (Phi) is 4.32. The van der Waals surface area contributed by atoms with Crippen LogP contribution >= 0.6 is 11.6 Å². The van der Waals surface area contributed by atoms with Crippen LogP contribution in [0, 0.1) is 0 Å². The number of para-hydroxylation sites is 1. The predicted molar refractivity (Wildman–Crippen MR) is 73.4 cm³/mol. The van der Waals surface area contributed by atoms with E-state index in [4.69, 9.17) is 20.8 Å². The predicted octanol–water partition coefficient (Wildman–Crippen LogP) is 4.37. The Hall–Kier alpha value is -1.41. The Bertz CT molecular complexity index is 505. The molecule has 0 fully saturated rings. The molecule has 2 nitrogen and oxygen atoms in total. The van der Waals surface area contributed by atoms with Crippen molar-refractivity contribution in [2.24, 2.45) is 0 Å². The molecule has 0 aliphatic carbocycles. The molecular weight excluding hydrogens is 248 g/mol. The van der Waals surface area contributed by atoms with E-state index in [1.165, 1.54) is 0 Å². The molecule has 0 bridgehead atoms. The molecule has 0 aliphatic heterocycles. The number of alkyl halides is 1. The second kappa shape index (κ2) is 5.96. The standard InChI is InChI=1S/C15H17ClO2/c1-3-14-12(8-9-18-14)13(16)10-11-6-4-5-7-15(11)17-2/h4-9,13H,3,10H2,1-2H3. The van der Waals surface area contributed by atoms with Gasteiger partial charge in [0.1, 0.15) is 11.5 Å². The summed E-state index contributed by atoms with van der Waals surface area (Å²) in [7, 11) is 1.68. The number of aryl methyl sites for hydroxylation is 1. The fraction of sp³-hybridized carbons (Fsp3) is 0.333. The molecule has 1 atom stereocenters. The normalized spacial score (nSPS) is 12.4. The molecule has 1 aromatic heterocycles. The minimum atomic E-state index is -0.0880. The van der Waals surface area contributed by atoms with Gasteiger partial charge in [0, 0.05) is 12.0 Å². The zero-order valence-corrected chi connectivity index (χ0v) is 11.4. The van der Waals surface area contributed by atoms with Crippen molar-refractivity contribution in [3.05, 3.63) is 53.5 Å². The monoisotopic (exact) mass is 264 g/mol. The zero-order chi connectivity index (χ0) is 13.0. The van der Waals surface area contributed by atoms with Crippen LogP contribution in [0.4, 0.5) is 0 Å². The fourth-order valence-corrected chi connectivity index (χ4v) is 2.45. The number of benzene rings is 1. The van der Waals surface area contributed by atoms with Crippen molar-refractivity contribution in [1.82, 2.24) is 0 Å². The zero-order valence-electron chi connectivity index (χ0n) is 10.7. The molecular formula is C15H17ClO2. The summed E-state index contributed by atoms with van der Waals surface area (Å²) in [6.07, 6.45) is 3.29. The van der Waals surface area contributed by atoms with Crippen LogP contribution in [0.25, 0.3) is 0 Å². The number of methoxy groups -OCH3 is 1. The number of hydrogen-bond acceptors (Lipinski definition) is 2. The van der Waals surface area contributed by atoms with Gasteiger partial charge in [-0.1, -0.05) is 25.1 Å². The number of halogens is 1. The third-order valence-electron chi connectivity index (χ3n) is 3.03. The average Bonchev–Trinajstić information content (AvgIpc) is 2.87. The Morgan fingerprint density at radius 3 is 2.78 bits per heavy atom. The van der Waals surface area contributed by atoms with Crippen LogP contribution in [0.15, 0.2) is 41.0 Å². The van der Waals surface area contributed by atoms with Crippen LogP contribution < -0.4 is 4.74 Å². The molecule has 0 aliphatic rings. The Morgan fingerprint density at radius 1 is 1.28 bits per heavy atom. The number of rotatable bonds is 5. The highest BCUT2D eigenvalue weighted by Crippen LogP contribution is 2.31. The van der Waals surface area contributed by atoms with Gasteiger partial charge in [-0.25, -0.2) is 0 Å². The summed E-state index contributed by atoms with van der Waals surface area (Å²) in [6, 6.07) is 9.90. The first-order valence-electron chi connectivity index (χ1n) is 6.08. The van der Waals surface area contributed by atoms with Crippen LogP contribution in [-0.4, -0.2) is 7.11 Å². The van der Waals surface area contributed by atoms with E-state index in [9.17, 15) is 0 Å². The SMILES string of the molecule is CCc1occc1C(Cl)Cc1ccccc1OC. The molecule has 2 rings (SSSR count). The minimum absolute atomic E-state index is 0.0880. The Morgan fingerprint density at radius 2 is 2.06 bits per heavy atom. The number of hydrogen-bond donors (Lipinski definition) is 0.